The van der Waals surface area contributed by atoms with Crippen molar-refractivity contribution in [3.8, 4) is 17.4 Å². The monoisotopic (exact) mass is 292 g/mol. The van der Waals surface area contributed by atoms with Crippen LogP contribution in [0.2, 0.25) is 0 Å². The molecule has 21 heavy (non-hydrogen) atoms. The standard InChI is InChI=1S/C11H12N6O4/c1-20-6-2-3-7(17(18)19)8(4-6)21-10-5-9(16-13)14-11(12)15-10/h2-5H,13H2,1H3,(H3,12,14,15,16). The van der Waals surface area contributed by atoms with Crippen LogP contribution in [0.15, 0.2) is 24.3 Å². The molecule has 2 aromatic rings. The highest BCUT2D eigenvalue weighted by atomic mass is 16.6. The number of hydrazine groups is 1. The molecule has 110 valence electrons. The number of nitrogens with zero attached hydrogens (tertiary/aromatic N) is 3. The Morgan fingerprint density at radius 1 is 1.33 bits per heavy atom. The number of nitrogen functional groups attached to an aromatic ring is 2. The molecule has 0 bridgehead atoms. The van der Waals surface area contributed by atoms with Gasteiger partial charge in [0.25, 0.3) is 0 Å². The SMILES string of the molecule is COc1ccc([N+](=O)[O-])c(Oc2cc(NN)nc(N)n2)c1. The number of nitro benzene ring substituents is 1. The molecule has 5 N–H and O–H groups in total. The Morgan fingerprint density at radius 2 is 2.10 bits per heavy atom. The van der Waals surface area contributed by atoms with Crippen LogP contribution < -0.4 is 26.5 Å². The minimum atomic E-state index is -0.582. The number of hydrogen-bond donors (Lipinski definition) is 3. The summed E-state index contributed by atoms with van der Waals surface area (Å²) in [5.41, 5.74) is 7.53. The molecule has 0 amide bonds. The van der Waals surface area contributed by atoms with Crippen LogP contribution in [-0.2, 0) is 0 Å². The molecule has 0 aliphatic rings. The summed E-state index contributed by atoms with van der Waals surface area (Å²) in [6.45, 7) is 0. The van der Waals surface area contributed by atoms with Crippen molar-refractivity contribution in [1.29, 1.82) is 0 Å². The minimum absolute atomic E-state index is 0.00630. The van der Waals surface area contributed by atoms with Crippen LogP contribution in [0.4, 0.5) is 17.5 Å². The highest BCUT2D eigenvalue weighted by Crippen LogP contribution is 2.34. The Balaban J connectivity index is 2.42. The molecule has 0 saturated carbocycles. The largest absolute Gasteiger partial charge is 0.497 e. The molecule has 10 nitrogen and oxygen atoms in total. The van der Waals surface area contributed by atoms with Crippen molar-refractivity contribution in [1.82, 2.24) is 9.97 Å². The van der Waals surface area contributed by atoms with Crippen LogP contribution in [0, 0.1) is 10.1 Å². The van der Waals surface area contributed by atoms with E-state index in [-0.39, 0.29) is 29.1 Å². The minimum Gasteiger partial charge on any atom is -0.497 e. The molecule has 2 rings (SSSR count). The lowest BCUT2D eigenvalue weighted by Gasteiger charge is -2.08. The second-order valence-electron chi connectivity index (χ2n) is 3.79. The third-order valence-electron chi connectivity index (χ3n) is 2.45. The van der Waals surface area contributed by atoms with Crippen LogP contribution in [-0.4, -0.2) is 22.0 Å². The first-order valence-corrected chi connectivity index (χ1v) is 5.65. The molecule has 10 heteroatoms. The predicted octanol–water partition coefficient (Wildman–Crippen LogP) is 1.05. The molecule has 0 saturated heterocycles. The van der Waals surface area contributed by atoms with Gasteiger partial charge in [0.15, 0.2) is 0 Å². The Kier molecular flexibility index (Phi) is 4.00. The van der Waals surface area contributed by atoms with E-state index in [1.165, 1.54) is 31.4 Å². The molecule has 1 aromatic heterocycles. The smallest absolute Gasteiger partial charge is 0.311 e. The molecule has 0 aliphatic heterocycles. The van der Waals surface area contributed by atoms with Gasteiger partial charge in [-0.05, 0) is 6.07 Å². The topological polar surface area (TPSA) is 151 Å². The van der Waals surface area contributed by atoms with E-state index in [2.05, 4.69) is 15.4 Å². The van der Waals surface area contributed by atoms with Gasteiger partial charge >= 0.3 is 5.69 Å². The quantitative estimate of drug-likeness (QED) is 0.417. The van der Waals surface area contributed by atoms with E-state index in [1.807, 2.05) is 0 Å². The van der Waals surface area contributed by atoms with Crippen LogP contribution >= 0.6 is 0 Å². The number of nitrogens with two attached hydrogens (primary N) is 2. The maximum absolute atomic E-state index is 11.0. The van der Waals surface area contributed by atoms with Crippen LogP contribution in [0.1, 0.15) is 0 Å². The molecule has 1 heterocycles. The van der Waals surface area contributed by atoms with Gasteiger partial charge in [-0.25, -0.2) is 5.84 Å². The molecule has 0 spiro atoms. The van der Waals surface area contributed by atoms with Gasteiger partial charge in [-0.1, -0.05) is 0 Å². The van der Waals surface area contributed by atoms with E-state index in [1.54, 1.807) is 0 Å². The summed E-state index contributed by atoms with van der Waals surface area (Å²) in [6, 6.07) is 5.43. The predicted molar refractivity (Wildman–Crippen MR) is 74.0 cm³/mol. The first-order valence-electron chi connectivity index (χ1n) is 5.65. The zero-order chi connectivity index (χ0) is 15.4. The van der Waals surface area contributed by atoms with E-state index in [0.29, 0.717) is 5.75 Å². The van der Waals surface area contributed by atoms with Crippen molar-refractivity contribution in [2.24, 2.45) is 5.84 Å². The first kappa shape index (κ1) is 14.3. The second kappa shape index (κ2) is 5.88. The summed E-state index contributed by atoms with van der Waals surface area (Å²) in [5.74, 6) is 5.71. The summed E-state index contributed by atoms with van der Waals surface area (Å²) >= 11 is 0. The van der Waals surface area contributed by atoms with E-state index in [9.17, 15) is 10.1 Å². The van der Waals surface area contributed by atoms with Crippen molar-refractivity contribution in [3.05, 3.63) is 34.4 Å². The summed E-state index contributed by atoms with van der Waals surface area (Å²) in [6.07, 6.45) is 0. The third kappa shape index (κ3) is 3.25. The van der Waals surface area contributed by atoms with Gasteiger partial charge in [0.2, 0.25) is 17.6 Å². The summed E-state index contributed by atoms with van der Waals surface area (Å²) in [4.78, 5) is 18.0. The van der Waals surface area contributed by atoms with E-state index >= 15 is 0 Å². The van der Waals surface area contributed by atoms with Gasteiger partial charge in [-0.2, -0.15) is 9.97 Å². The number of ether oxygens (including phenoxy) is 2. The fourth-order valence-electron chi connectivity index (χ4n) is 1.54. The van der Waals surface area contributed by atoms with Crippen molar-refractivity contribution >= 4 is 17.5 Å². The number of anilines is 2. The maximum Gasteiger partial charge on any atom is 0.311 e. The molecule has 1 aromatic carbocycles. The molecule has 0 unspecified atom stereocenters. The fourth-order valence-corrected chi connectivity index (χ4v) is 1.54. The van der Waals surface area contributed by atoms with E-state index in [0.717, 1.165) is 0 Å². The Hall–Kier alpha value is -3.14. The van der Waals surface area contributed by atoms with Gasteiger partial charge in [0.05, 0.1) is 12.0 Å². The maximum atomic E-state index is 11.0. The fraction of sp³-hybridized carbons (Fsp3) is 0.0909. The van der Waals surface area contributed by atoms with Crippen LogP contribution in [0.25, 0.3) is 0 Å². The summed E-state index contributed by atoms with van der Waals surface area (Å²) in [7, 11) is 1.43. The lowest BCUT2D eigenvalue weighted by molar-refractivity contribution is -0.385. The molecular weight excluding hydrogens is 280 g/mol. The first-order chi connectivity index (χ1) is 10.0. The zero-order valence-electron chi connectivity index (χ0n) is 10.9. The lowest BCUT2D eigenvalue weighted by Crippen LogP contribution is -2.10. The second-order valence-corrected chi connectivity index (χ2v) is 3.79. The molecule has 0 aliphatic carbocycles. The molecule has 0 fully saturated rings. The van der Waals surface area contributed by atoms with Crippen molar-refractivity contribution in [3.63, 3.8) is 0 Å². The summed E-state index contributed by atoms with van der Waals surface area (Å²) in [5, 5.41) is 11.0. The number of benzene rings is 1. The Labute approximate surface area is 118 Å². The van der Waals surface area contributed by atoms with Gasteiger partial charge < -0.3 is 20.6 Å². The average Bonchev–Trinajstić information content (AvgIpc) is 2.46. The van der Waals surface area contributed by atoms with Crippen molar-refractivity contribution in [2.75, 3.05) is 18.3 Å². The lowest BCUT2D eigenvalue weighted by atomic mass is 10.3. The molecule has 0 radical (unpaired) electrons. The average molecular weight is 292 g/mol. The molecular formula is C11H12N6O4. The van der Waals surface area contributed by atoms with Gasteiger partial charge in [-0.15, -0.1) is 0 Å². The highest BCUT2D eigenvalue weighted by Gasteiger charge is 2.18. The number of methoxy groups -OCH3 is 1. The van der Waals surface area contributed by atoms with E-state index in [4.69, 9.17) is 21.1 Å². The van der Waals surface area contributed by atoms with Crippen LogP contribution in [0.3, 0.4) is 0 Å². The third-order valence-corrected chi connectivity index (χ3v) is 2.45. The highest BCUT2D eigenvalue weighted by molar-refractivity contribution is 5.53. The number of aromatic nitrogens is 2. The Morgan fingerprint density at radius 3 is 2.71 bits per heavy atom. The Bertz CT molecular complexity index is 678. The van der Waals surface area contributed by atoms with Crippen LogP contribution in [0.5, 0.6) is 17.4 Å². The normalized spacial score (nSPS) is 10.0. The molecule has 0 atom stereocenters. The number of hydrogen-bond acceptors (Lipinski definition) is 9. The number of rotatable bonds is 5. The number of nitro groups is 1. The van der Waals surface area contributed by atoms with Crippen molar-refractivity contribution < 1.29 is 14.4 Å². The zero-order valence-corrected chi connectivity index (χ0v) is 10.9. The van der Waals surface area contributed by atoms with Gasteiger partial charge in [0, 0.05) is 18.2 Å². The summed E-state index contributed by atoms with van der Waals surface area (Å²) < 4.78 is 10.4. The van der Waals surface area contributed by atoms with Gasteiger partial charge in [-0.3, -0.25) is 10.1 Å². The number of nitrogens with one attached hydrogen (secondary N) is 1. The van der Waals surface area contributed by atoms with E-state index < -0.39 is 4.92 Å². The van der Waals surface area contributed by atoms with Gasteiger partial charge in [0.1, 0.15) is 11.6 Å². The van der Waals surface area contributed by atoms with Crippen molar-refractivity contribution in [2.45, 2.75) is 0 Å².